The molecule has 1 saturated heterocycles. The van der Waals surface area contributed by atoms with Crippen LogP contribution in [0.15, 0.2) is 24.5 Å². The maximum absolute atomic E-state index is 12.8. The number of nitrogens with one attached hydrogen (secondary N) is 1. The molecule has 1 amide bonds. The fourth-order valence-electron chi connectivity index (χ4n) is 2.21. The minimum Gasteiger partial charge on any atom is -0.315 e. The molecular weight excluding hydrogens is 330 g/mol. The number of pyridine rings is 1. The summed E-state index contributed by atoms with van der Waals surface area (Å²) in [5.41, 5.74) is 0.486. The highest BCUT2D eigenvalue weighted by molar-refractivity contribution is 5.95. The first-order valence-electron chi connectivity index (χ1n) is 5.86. The van der Waals surface area contributed by atoms with E-state index in [0.29, 0.717) is 5.69 Å². The highest BCUT2D eigenvalue weighted by Gasteiger charge is 2.50. The number of halogens is 5. The Labute approximate surface area is 132 Å². The lowest BCUT2D eigenvalue weighted by Gasteiger charge is -2.25. The maximum atomic E-state index is 12.8. The largest absolute Gasteiger partial charge is 0.393 e. The van der Waals surface area contributed by atoms with Gasteiger partial charge in [-0.3, -0.25) is 9.78 Å². The molecule has 21 heavy (non-hydrogen) atoms. The minimum atomic E-state index is -4.36. The van der Waals surface area contributed by atoms with Gasteiger partial charge in [0.15, 0.2) is 0 Å². The second-order valence-electron chi connectivity index (χ2n) is 4.52. The summed E-state index contributed by atoms with van der Waals surface area (Å²) >= 11 is 0. The Balaban J connectivity index is 0.00000200. The fourth-order valence-corrected chi connectivity index (χ4v) is 2.21. The predicted molar refractivity (Wildman–Crippen MR) is 78.0 cm³/mol. The summed E-state index contributed by atoms with van der Waals surface area (Å²) in [5.74, 6) is -3.25. The van der Waals surface area contributed by atoms with Gasteiger partial charge in [0.25, 0.3) is 0 Å². The van der Waals surface area contributed by atoms with Crippen molar-refractivity contribution in [2.24, 2.45) is 11.8 Å². The van der Waals surface area contributed by atoms with Gasteiger partial charge >= 0.3 is 6.18 Å². The summed E-state index contributed by atoms with van der Waals surface area (Å²) in [6.07, 6.45) is -1.38. The van der Waals surface area contributed by atoms with Crippen LogP contribution in [0.5, 0.6) is 0 Å². The summed E-state index contributed by atoms with van der Waals surface area (Å²) in [6.45, 7) is -0.158. The van der Waals surface area contributed by atoms with Crippen molar-refractivity contribution in [3.63, 3.8) is 0 Å². The maximum Gasteiger partial charge on any atom is 0.393 e. The van der Waals surface area contributed by atoms with Crippen LogP contribution >= 0.6 is 24.8 Å². The van der Waals surface area contributed by atoms with Crippen LogP contribution in [0.25, 0.3) is 0 Å². The molecule has 0 aromatic carbocycles. The lowest BCUT2D eigenvalue weighted by molar-refractivity contribution is -0.181. The molecule has 1 fully saturated rings. The van der Waals surface area contributed by atoms with Gasteiger partial charge in [-0.2, -0.15) is 13.2 Å². The summed E-state index contributed by atoms with van der Waals surface area (Å²) in [5, 5.41) is 2.63. The van der Waals surface area contributed by atoms with Crippen LogP contribution in [0.3, 0.4) is 0 Å². The minimum absolute atomic E-state index is 0. The number of hydrogen-bond acceptors (Lipinski definition) is 3. The second kappa shape index (κ2) is 7.82. The molecule has 0 saturated carbocycles. The molecule has 2 rings (SSSR count). The molecule has 4 nitrogen and oxygen atoms in total. The Morgan fingerprint density at radius 2 is 2.05 bits per heavy atom. The number of alkyl halides is 3. The van der Waals surface area contributed by atoms with Crippen LogP contribution < -0.4 is 10.2 Å². The zero-order chi connectivity index (χ0) is 14.0. The van der Waals surface area contributed by atoms with E-state index in [4.69, 9.17) is 0 Å². The standard InChI is InChI=1S/C12H14F3N3O.2ClH/c1-18(8-3-2-4-16-5-8)11(19)9-6-17-7-10(9)12(13,14)15;;/h2-5,9-10,17H,6-7H2,1H3;2*1H/t9-,10-;;/m1../s1. The van der Waals surface area contributed by atoms with Crippen molar-refractivity contribution in [2.75, 3.05) is 25.0 Å². The molecule has 1 aromatic rings. The van der Waals surface area contributed by atoms with Crippen LogP contribution in [0, 0.1) is 11.8 Å². The first kappa shape index (κ1) is 19.9. The first-order valence-corrected chi connectivity index (χ1v) is 5.86. The molecule has 0 spiro atoms. The van der Waals surface area contributed by atoms with Crippen molar-refractivity contribution in [3.05, 3.63) is 24.5 Å². The van der Waals surface area contributed by atoms with Crippen molar-refractivity contribution in [2.45, 2.75) is 6.18 Å². The van der Waals surface area contributed by atoms with Crippen LogP contribution in [0.4, 0.5) is 18.9 Å². The van der Waals surface area contributed by atoms with Gasteiger partial charge in [-0.05, 0) is 12.1 Å². The summed E-state index contributed by atoms with van der Waals surface area (Å²) in [4.78, 5) is 17.2. The quantitative estimate of drug-likeness (QED) is 0.894. The molecule has 9 heteroatoms. The Bertz CT molecular complexity index is 459. The van der Waals surface area contributed by atoms with Gasteiger partial charge in [-0.15, -0.1) is 24.8 Å². The third kappa shape index (κ3) is 4.46. The van der Waals surface area contributed by atoms with Gasteiger partial charge in [0.1, 0.15) is 0 Å². The number of hydrogen-bond donors (Lipinski definition) is 1. The molecule has 1 aromatic heterocycles. The monoisotopic (exact) mass is 345 g/mol. The normalized spacial score (nSPS) is 21.1. The Hall–Kier alpha value is -1.05. The number of aromatic nitrogens is 1. The lowest BCUT2D eigenvalue weighted by atomic mass is 9.94. The number of anilines is 1. The molecule has 2 atom stereocenters. The second-order valence-corrected chi connectivity index (χ2v) is 4.52. The average Bonchev–Trinajstić information content (AvgIpc) is 2.87. The van der Waals surface area contributed by atoms with E-state index in [2.05, 4.69) is 10.3 Å². The molecule has 0 unspecified atom stereocenters. The number of rotatable bonds is 2. The van der Waals surface area contributed by atoms with Gasteiger partial charge in [0.05, 0.1) is 23.7 Å². The van der Waals surface area contributed by atoms with E-state index in [-0.39, 0.29) is 37.9 Å². The third-order valence-corrected chi connectivity index (χ3v) is 3.32. The molecular formula is C12H16Cl2F3N3O. The van der Waals surface area contributed by atoms with Gasteiger partial charge < -0.3 is 10.2 Å². The van der Waals surface area contributed by atoms with E-state index in [1.165, 1.54) is 24.3 Å². The summed E-state index contributed by atoms with van der Waals surface area (Å²) in [6, 6.07) is 3.27. The van der Waals surface area contributed by atoms with Crippen LogP contribution in [0.2, 0.25) is 0 Å². The van der Waals surface area contributed by atoms with Crippen LogP contribution in [-0.2, 0) is 4.79 Å². The van der Waals surface area contributed by atoms with Crippen LogP contribution in [-0.4, -0.2) is 37.2 Å². The molecule has 1 N–H and O–H groups in total. The first-order chi connectivity index (χ1) is 8.91. The number of amides is 1. The molecule has 120 valence electrons. The highest BCUT2D eigenvalue weighted by Crippen LogP contribution is 2.35. The lowest BCUT2D eigenvalue weighted by Crippen LogP contribution is -2.41. The van der Waals surface area contributed by atoms with Crippen LogP contribution in [0.1, 0.15) is 0 Å². The Morgan fingerprint density at radius 1 is 1.38 bits per heavy atom. The van der Waals surface area contributed by atoms with E-state index in [1.54, 1.807) is 12.1 Å². The molecule has 0 bridgehead atoms. The molecule has 1 aliphatic heterocycles. The van der Waals surface area contributed by atoms with Gasteiger partial charge in [0.2, 0.25) is 5.91 Å². The summed E-state index contributed by atoms with van der Waals surface area (Å²) in [7, 11) is 1.46. The molecule has 1 aliphatic rings. The zero-order valence-corrected chi connectivity index (χ0v) is 12.8. The molecule has 0 radical (unpaired) electrons. The van der Waals surface area contributed by atoms with Crippen molar-refractivity contribution in [1.82, 2.24) is 10.3 Å². The van der Waals surface area contributed by atoms with E-state index < -0.39 is 23.9 Å². The number of carbonyl (C=O) groups excluding carboxylic acids is 1. The average molecular weight is 346 g/mol. The van der Waals surface area contributed by atoms with Gasteiger partial charge in [0, 0.05) is 26.3 Å². The van der Waals surface area contributed by atoms with Gasteiger partial charge in [-0.25, -0.2) is 0 Å². The Morgan fingerprint density at radius 3 is 2.57 bits per heavy atom. The van der Waals surface area contributed by atoms with Crippen molar-refractivity contribution < 1.29 is 18.0 Å². The van der Waals surface area contributed by atoms with E-state index >= 15 is 0 Å². The Kier molecular flexibility index (Phi) is 7.43. The molecule has 0 aliphatic carbocycles. The summed E-state index contributed by atoms with van der Waals surface area (Å²) < 4.78 is 38.4. The van der Waals surface area contributed by atoms with Crippen molar-refractivity contribution in [1.29, 1.82) is 0 Å². The van der Waals surface area contributed by atoms with E-state index in [1.807, 2.05) is 0 Å². The van der Waals surface area contributed by atoms with Crippen molar-refractivity contribution >= 4 is 36.4 Å². The predicted octanol–water partition coefficient (Wildman–Crippen LogP) is 2.29. The smallest absolute Gasteiger partial charge is 0.315 e. The number of carbonyl (C=O) groups is 1. The topological polar surface area (TPSA) is 45.2 Å². The van der Waals surface area contributed by atoms with Crippen molar-refractivity contribution in [3.8, 4) is 0 Å². The zero-order valence-electron chi connectivity index (χ0n) is 11.1. The SMILES string of the molecule is CN(C(=O)[C@@H]1CNC[C@H]1C(F)(F)F)c1cccnc1.Cl.Cl. The third-order valence-electron chi connectivity index (χ3n) is 3.32. The van der Waals surface area contributed by atoms with E-state index in [9.17, 15) is 18.0 Å². The number of nitrogens with zero attached hydrogens (tertiary/aromatic N) is 2. The highest BCUT2D eigenvalue weighted by atomic mass is 35.5. The fraction of sp³-hybridized carbons (Fsp3) is 0.500. The molecule has 2 heterocycles. The van der Waals surface area contributed by atoms with Gasteiger partial charge in [-0.1, -0.05) is 0 Å². The van der Waals surface area contributed by atoms with E-state index in [0.717, 1.165) is 0 Å².